The Morgan fingerprint density at radius 1 is 0.714 bits per heavy atom. The van der Waals surface area contributed by atoms with Crippen LogP contribution in [-0.4, -0.2) is 35.3 Å². The van der Waals surface area contributed by atoms with Gasteiger partial charge in [0.2, 0.25) is 0 Å². The standard InChI is InChI=1S/C24H24O4/c25-17-16-22(26)23(27)18-28-24(19-10-4-1-5-11-19,20-12-6-2-7-13-20)21-14-8-3-9-15-21/h1-15,17,22-23,26-27H,16,18H2/t22-,23-/m1/s1. The minimum absolute atomic E-state index is 0.131. The van der Waals surface area contributed by atoms with Crippen molar-refractivity contribution in [3.05, 3.63) is 108 Å². The molecule has 0 unspecified atom stereocenters. The third kappa shape index (κ3) is 4.20. The van der Waals surface area contributed by atoms with Crippen LogP contribution in [0.1, 0.15) is 23.1 Å². The van der Waals surface area contributed by atoms with Crippen LogP contribution in [0.25, 0.3) is 0 Å². The first kappa shape index (κ1) is 20.0. The van der Waals surface area contributed by atoms with Gasteiger partial charge in [-0.1, -0.05) is 91.0 Å². The number of aldehydes is 1. The van der Waals surface area contributed by atoms with Crippen LogP contribution >= 0.6 is 0 Å². The summed E-state index contributed by atoms with van der Waals surface area (Å²) in [5, 5.41) is 20.3. The van der Waals surface area contributed by atoms with E-state index in [4.69, 9.17) is 4.74 Å². The van der Waals surface area contributed by atoms with Gasteiger partial charge in [0.15, 0.2) is 0 Å². The molecule has 3 aromatic rings. The van der Waals surface area contributed by atoms with Crippen molar-refractivity contribution in [2.24, 2.45) is 0 Å². The molecule has 0 saturated carbocycles. The van der Waals surface area contributed by atoms with Gasteiger partial charge in [-0.15, -0.1) is 0 Å². The number of carbonyl (C=O) groups excluding carboxylic acids is 1. The van der Waals surface area contributed by atoms with Crippen LogP contribution in [0.2, 0.25) is 0 Å². The Labute approximate surface area is 165 Å². The molecule has 0 aliphatic heterocycles. The molecule has 0 aliphatic rings. The first-order chi connectivity index (χ1) is 13.7. The fraction of sp³-hybridized carbons (Fsp3) is 0.208. The third-order valence-corrected chi connectivity index (χ3v) is 4.79. The first-order valence-corrected chi connectivity index (χ1v) is 9.29. The summed E-state index contributed by atoms with van der Waals surface area (Å²) in [7, 11) is 0. The van der Waals surface area contributed by atoms with Crippen LogP contribution in [0.15, 0.2) is 91.0 Å². The largest absolute Gasteiger partial charge is 0.390 e. The molecule has 0 amide bonds. The van der Waals surface area contributed by atoms with Crippen LogP contribution in [-0.2, 0) is 15.1 Å². The van der Waals surface area contributed by atoms with E-state index in [1.54, 1.807) is 0 Å². The summed E-state index contributed by atoms with van der Waals surface area (Å²) in [4.78, 5) is 10.7. The molecule has 28 heavy (non-hydrogen) atoms. The Kier molecular flexibility index (Phi) is 6.71. The highest BCUT2D eigenvalue weighted by Crippen LogP contribution is 2.40. The van der Waals surface area contributed by atoms with Gasteiger partial charge in [-0.2, -0.15) is 0 Å². The molecule has 2 atom stereocenters. The predicted molar refractivity (Wildman–Crippen MR) is 108 cm³/mol. The second kappa shape index (κ2) is 9.42. The van der Waals surface area contributed by atoms with Crippen molar-refractivity contribution in [1.29, 1.82) is 0 Å². The zero-order valence-electron chi connectivity index (χ0n) is 15.5. The number of rotatable bonds is 9. The second-order valence-electron chi connectivity index (χ2n) is 6.63. The average Bonchev–Trinajstić information content (AvgIpc) is 2.76. The lowest BCUT2D eigenvalue weighted by Gasteiger charge is -2.37. The lowest BCUT2D eigenvalue weighted by molar-refractivity contribution is -0.114. The quantitative estimate of drug-likeness (QED) is 0.444. The highest BCUT2D eigenvalue weighted by Gasteiger charge is 2.38. The number of benzene rings is 3. The number of ether oxygens (including phenoxy) is 1. The smallest absolute Gasteiger partial charge is 0.143 e. The SMILES string of the molecule is O=CC[C@@H](O)[C@H](O)COC(c1ccccc1)(c1ccccc1)c1ccccc1. The number of hydrogen-bond donors (Lipinski definition) is 2. The molecule has 4 nitrogen and oxygen atoms in total. The van der Waals surface area contributed by atoms with Gasteiger partial charge < -0.3 is 19.7 Å². The van der Waals surface area contributed by atoms with Gasteiger partial charge in [-0.25, -0.2) is 0 Å². The maximum absolute atomic E-state index is 10.7. The molecule has 2 N–H and O–H groups in total. The molecule has 3 aromatic carbocycles. The molecule has 0 saturated heterocycles. The van der Waals surface area contributed by atoms with E-state index in [1.807, 2.05) is 91.0 Å². The fourth-order valence-electron chi connectivity index (χ4n) is 3.35. The highest BCUT2D eigenvalue weighted by molar-refractivity contribution is 5.50. The number of hydrogen-bond acceptors (Lipinski definition) is 4. The lowest BCUT2D eigenvalue weighted by Crippen LogP contribution is -2.39. The monoisotopic (exact) mass is 376 g/mol. The van der Waals surface area contributed by atoms with E-state index in [0.29, 0.717) is 6.29 Å². The summed E-state index contributed by atoms with van der Waals surface area (Å²) in [6, 6.07) is 29.3. The van der Waals surface area contributed by atoms with Crippen LogP contribution in [0.3, 0.4) is 0 Å². The highest BCUT2D eigenvalue weighted by atomic mass is 16.5. The number of carbonyl (C=O) groups is 1. The number of aliphatic hydroxyl groups excluding tert-OH is 2. The molecular weight excluding hydrogens is 352 g/mol. The van der Waals surface area contributed by atoms with Gasteiger partial charge >= 0.3 is 0 Å². The molecule has 0 bridgehead atoms. The van der Waals surface area contributed by atoms with Crippen LogP contribution in [0.5, 0.6) is 0 Å². The van der Waals surface area contributed by atoms with Crippen molar-refractivity contribution in [1.82, 2.24) is 0 Å². The predicted octanol–water partition coefficient (Wildman–Crippen LogP) is 3.31. The van der Waals surface area contributed by atoms with Crippen molar-refractivity contribution < 1.29 is 19.7 Å². The Balaban J connectivity index is 2.10. The summed E-state index contributed by atoms with van der Waals surface area (Å²) in [5.41, 5.74) is 1.75. The van der Waals surface area contributed by atoms with Crippen molar-refractivity contribution in [3.8, 4) is 0 Å². The van der Waals surface area contributed by atoms with Gasteiger partial charge in [0.05, 0.1) is 12.7 Å². The van der Waals surface area contributed by atoms with Crippen LogP contribution in [0, 0.1) is 0 Å². The lowest BCUT2D eigenvalue weighted by atomic mass is 9.80. The van der Waals surface area contributed by atoms with E-state index in [2.05, 4.69) is 0 Å². The molecule has 3 rings (SSSR count). The molecule has 4 heteroatoms. The maximum atomic E-state index is 10.7. The average molecular weight is 376 g/mol. The van der Waals surface area contributed by atoms with E-state index in [1.165, 1.54) is 0 Å². The second-order valence-corrected chi connectivity index (χ2v) is 6.63. The van der Waals surface area contributed by atoms with Crippen molar-refractivity contribution >= 4 is 6.29 Å². The Morgan fingerprint density at radius 3 is 1.46 bits per heavy atom. The van der Waals surface area contributed by atoms with Gasteiger partial charge in [0.25, 0.3) is 0 Å². The minimum Gasteiger partial charge on any atom is -0.390 e. The zero-order valence-corrected chi connectivity index (χ0v) is 15.5. The summed E-state index contributed by atoms with van der Waals surface area (Å²) < 4.78 is 6.39. The summed E-state index contributed by atoms with van der Waals surface area (Å²) in [5.74, 6) is 0. The Hall–Kier alpha value is -2.79. The van der Waals surface area contributed by atoms with E-state index in [0.717, 1.165) is 16.7 Å². The van der Waals surface area contributed by atoms with E-state index in [-0.39, 0.29) is 13.0 Å². The maximum Gasteiger partial charge on any atom is 0.143 e. The molecule has 0 aliphatic carbocycles. The fourth-order valence-corrected chi connectivity index (χ4v) is 3.35. The Bertz CT molecular complexity index is 753. The van der Waals surface area contributed by atoms with Gasteiger partial charge in [0, 0.05) is 6.42 Å². The van der Waals surface area contributed by atoms with E-state index >= 15 is 0 Å². The topological polar surface area (TPSA) is 66.8 Å². The van der Waals surface area contributed by atoms with Crippen molar-refractivity contribution in [2.45, 2.75) is 24.2 Å². The molecule has 0 aromatic heterocycles. The third-order valence-electron chi connectivity index (χ3n) is 4.79. The molecule has 144 valence electrons. The van der Waals surface area contributed by atoms with Crippen LogP contribution in [0.4, 0.5) is 0 Å². The normalized spacial score (nSPS) is 13.6. The van der Waals surface area contributed by atoms with E-state index < -0.39 is 17.8 Å². The zero-order chi connectivity index (χ0) is 19.8. The van der Waals surface area contributed by atoms with Crippen molar-refractivity contribution in [2.75, 3.05) is 6.61 Å². The first-order valence-electron chi connectivity index (χ1n) is 9.29. The van der Waals surface area contributed by atoms with Gasteiger partial charge in [-0.3, -0.25) is 0 Å². The van der Waals surface area contributed by atoms with Gasteiger partial charge in [0.1, 0.15) is 18.0 Å². The summed E-state index contributed by atoms with van der Waals surface area (Å²) in [6.07, 6.45) is -1.90. The van der Waals surface area contributed by atoms with Crippen molar-refractivity contribution in [3.63, 3.8) is 0 Å². The Morgan fingerprint density at radius 2 is 1.11 bits per heavy atom. The van der Waals surface area contributed by atoms with E-state index in [9.17, 15) is 15.0 Å². The molecule has 0 radical (unpaired) electrons. The summed E-state index contributed by atoms with van der Waals surface area (Å²) in [6.45, 7) is -0.131. The number of aliphatic hydroxyl groups is 2. The summed E-state index contributed by atoms with van der Waals surface area (Å²) >= 11 is 0. The van der Waals surface area contributed by atoms with Gasteiger partial charge in [-0.05, 0) is 16.7 Å². The minimum atomic E-state index is -1.18. The molecule has 0 spiro atoms. The molecular formula is C24H24O4. The van der Waals surface area contributed by atoms with Crippen LogP contribution < -0.4 is 0 Å². The molecule has 0 heterocycles. The molecule has 0 fully saturated rings.